The second-order valence-electron chi connectivity index (χ2n) is 6.48. The van der Waals surface area contributed by atoms with E-state index in [-0.39, 0.29) is 0 Å². The molecule has 21 heavy (non-hydrogen) atoms. The van der Waals surface area contributed by atoms with Crippen LogP contribution in [0.1, 0.15) is 51.9 Å². The molecule has 1 aliphatic rings. The van der Waals surface area contributed by atoms with Crippen molar-refractivity contribution in [2.45, 2.75) is 51.9 Å². The first-order valence-electron chi connectivity index (χ1n) is 8.28. The van der Waals surface area contributed by atoms with Crippen LogP contribution in [0.3, 0.4) is 0 Å². The molecule has 1 fully saturated rings. The van der Waals surface area contributed by atoms with E-state index in [1.54, 1.807) is 0 Å². The van der Waals surface area contributed by atoms with Gasteiger partial charge in [-0.2, -0.15) is 0 Å². The van der Waals surface area contributed by atoms with Gasteiger partial charge < -0.3 is 15.2 Å². The first kappa shape index (κ1) is 16.2. The summed E-state index contributed by atoms with van der Waals surface area (Å²) in [6, 6.07) is 7.88. The molecular formula is C18H29NO2. The van der Waals surface area contributed by atoms with E-state index in [4.69, 9.17) is 15.2 Å². The molecule has 0 radical (unpaired) electrons. The number of ether oxygens (including phenoxy) is 2. The van der Waals surface area contributed by atoms with Crippen molar-refractivity contribution in [1.29, 1.82) is 0 Å². The molecule has 0 aromatic heterocycles. The Morgan fingerprint density at radius 3 is 2.29 bits per heavy atom. The third kappa shape index (κ3) is 5.58. The maximum absolute atomic E-state index is 6.05. The van der Waals surface area contributed by atoms with E-state index in [0.717, 1.165) is 18.1 Å². The van der Waals surface area contributed by atoms with E-state index in [0.29, 0.717) is 18.6 Å². The highest BCUT2D eigenvalue weighted by Gasteiger charge is 2.25. The van der Waals surface area contributed by atoms with Crippen LogP contribution in [0.25, 0.3) is 0 Å². The highest BCUT2D eigenvalue weighted by atomic mass is 16.5. The topological polar surface area (TPSA) is 44.5 Å². The summed E-state index contributed by atoms with van der Waals surface area (Å²) >= 11 is 0. The summed E-state index contributed by atoms with van der Waals surface area (Å²) < 4.78 is 11.6. The van der Waals surface area contributed by atoms with Crippen LogP contribution in [0.15, 0.2) is 24.3 Å². The van der Waals surface area contributed by atoms with Crippen molar-refractivity contribution in [3.8, 4) is 11.5 Å². The lowest BCUT2D eigenvalue weighted by Gasteiger charge is -2.31. The minimum Gasteiger partial charge on any atom is -0.493 e. The van der Waals surface area contributed by atoms with Gasteiger partial charge in [0.25, 0.3) is 0 Å². The van der Waals surface area contributed by atoms with Gasteiger partial charge in [0.15, 0.2) is 0 Å². The fraction of sp³-hybridized carbons (Fsp3) is 0.667. The maximum atomic E-state index is 6.05. The monoisotopic (exact) mass is 291 g/mol. The Morgan fingerprint density at radius 2 is 1.62 bits per heavy atom. The first-order chi connectivity index (χ1) is 10.2. The summed E-state index contributed by atoms with van der Waals surface area (Å²) in [5.41, 5.74) is 5.77. The van der Waals surface area contributed by atoms with Crippen molar-refractivity contribution in [3.63, 3.8) is 0 Å². The first-order valence-corrected chi connectivity index (χ1v) is 8.28. The van der Waals surface area contributed by atoms with Crippen molar-refractivity contribution >= 4 is 0 Å². The van der Waals surface area contributed by atoms with Gasteiger partial charge in [-0.25, -0.2) is 0 Å². The molecule has 0 atom stereocenters. The number of hydrogen-bond donors (Lipinski definition) is 1. The Bertz CT molecular complexity index is 411. The molecule has 0 saturated heterocycles. The van der Waals surface area contributed by atoms with Gasteiger partial charge in [0, 0.05) is 18.0 Å². The maximum Gasteiger partial charge on any atom is 0.123 e. The average molecular weight is 291 g/mol. The molecule has 3 heteroatoms. The zero-order valence-corrected chi connectivity index (χ0v) is 13.3. The van der Waals surface area contributed by atoms with E-state index >= 15 is 0 Å². The molecule has 0 spiro atoms. The SMILES string of the molecule is CC1(COc2cccc(OCCN)c2)CCCCCCC1. The molecule has 1 aliphatic carbocycles. The number of hydrogen-bond acceptors (Lipinski definition) is 3. The van der Waals surface area contributed by atoms with Crippen LogP contribution in [0.4, 0.5) is 0 Å². The molecule has 0 unspecified atom stereocenters. The zero-order chi connectivity index (χ0) is 15.0. The standard InChI is InChI=1S/C18H29NO2/c1-18(10-5-3-2-4-6-11-18)15-21-17-9-7-8-16(14-17)20-13-12-19/h7-9,14H,2-6,10-13,15,19H2,1H3. The third-order valence-corrected chi connectivity index (χ3v) is 4.34. The predicted molar refractivity (Wildman–Crippen MR) is 86.9 cm³/mol. The zero-order valence-electron chi connectivity index (χ0n) is 13.3. The fourth-order valence-corrected chi connectivity index (χ4v) is 2.99. The summed E-state index contributed by atoms with van der Waals surface area (Å²) in [6.45, 7) is 4.24. The molecule has 0 amide bonds. The summed E-state index contributed by atoms with van der Waals surface area (Å²) in [4.78, 5) is 0. The number of rotatable bonds is 6. The Hall–Kier alpha value is -1.22. The minimum atomic E-state index is 0.314. The van der Waals surface area contributed by atoms with Gasteiger partial charge in [-0.15, -0.1) is 0 Å². The van der Waals surface area contributed by atoms with E-state index < -0.39 is 0 Å². The average Bonchev–Trinajstić information content (AvgIpc) is 2.48. The lowest BCUT2D eigenvalue weighted by Crippen LogP contribution is -2.26. The summed E-state index contributed by atoms with van der Waals surface area (Å²) in [5, 5.41) is 0. The molecule has 0 bridgehead atoms. The van der Waals surface area contributed by atoms with Gasteiger partial charge in [-0.05, 0) is 25.0 Å². The summed E-state index contributed by atoms with van der Waals surface area (Å²) in [7, 11) is 0. The number of benzene rings is 1. The molecule has 3 nitrogen and oxygen atoms in total. The molecule has 1 saturated carbocycles. The van der Waals surface area contributed by atoms with Crippen molar-refractivity contribution in [2.75, 3.05) is 19.8 Å². The summed E-state index contributed by atoms with van der Waals surface area (Å²) in [5.74, 6) is 1.73. The number of nitrogens with two attached hydrogens (primary N) is 1. The molecule has 118 valence electrons. The van der Waals surface area contributed by atoms with Crippen molar-refractivity contribution in [3.05, 3.63) is 24.3 Å². The molecule has 0 heterocycles. The largest absolute Gasteiger partial charge is 0.493 e. The lowest BCUT2D eigenvalue weighted by atomic mass is 9.78. The van der Waals surface area contributed by atoms with Crippen molar-refractivity contribution in [1.82, 2.24) is 0 Å². The molecule has 0 aliphatic heterocycles. The van der Waals surface area contributed by atoms with E-state index in [2.05, 4.69) is 6.92 Å². The van der Waals surface area contributed by atoms with Crippen LogP contribution in [-0.2, 0) is 0 Å². The molecule has 2 rings (SSSR count). The van der Waals surface area contributed by atoms with Crippen LogP contribution in [0, 0.1) is 5.41 Å². The van der Waals surface area contributed by atoms with E-state index in [1.807, 2.05) is 24.3 Å². The van der Waals surface area contributed by atoms with Crippen LogP contribution in [-0.4, -0.2) is 19.8 Å². The summed E-state index contributed by atoms with van der Waals surface area (Å²) in [6.07, 6.45) is 9.36. The minimum absolute atomic E-state index is 0.314. The third-order valence-electron chi connectivity index (χ3n) is 4.34. The van der Waals surface area contributed by atoms with Gasteiger partial charge in [-0.3, -0.25) is 0 Å². The fourth-order valence-electron chi connectivity index (χ4n) is 2.99. The Morgan fingerprint density at radius 1 is 1.00 bits per heavy atom. The van der Waals surface area contributed by atoms with Gasteiger partial charge in [0.2, 0.25) is 0 Å². The van der Waals surface area contributed by atoms with Gasteiger partial charge in [0.05, 0.1) is 6.61 Å². The van der Waals surface area contributed by atoms with Gasteiger partial charge >= 0.3 is 0 Å². The van der Waals surface area contributed by atoms with Crippen LogP contribution < -0.4 is 15.2 Å². The predicted octanol–water partition coefficient (Wildman–Crippen LogP) is 4.15. The smallest absolute Gasteiger partial charge is 0.123 e. The lowest BCUT2D eigenvalue weighted by molar-refractivity contribution is 0.127. The Labute approximate surface area is 128 Å². The van der Waals surface area contributed by atoms with Gasteiger partial charge in [-0.1, -0.05) is 45.1 Å². The normalized spacial score (nSPS) is 18.6. The molecule has 1 aromatic carbocycles. The van der Waals surface area contributed by atoms with Crippen molar-refractivity contribution in [2.24, 2.45) is 11.1 Å². The van der Waals surface area contributed by atoms with Crippen LogP contribution >= 0.6 is 0 Å². The van der Waals surface area contributed by atoms with Crippen LogP contribution in [0.5, 0.6) is 11.5 Å². The van der Waals surface area contributed by atoms with E-state index in [9.17, 15) is 0 Å². The van der Waals surface area contributed by atoms with E-state index in [1.165, 1.54) is 44.9 Å². The molecule has 1 aromatic rings. The Balaban J connectivity index is 1.88. The van der Waals surface area contributed by atoms with Crippen LogP contribution in [0.2, 0.25) is 0 Å². The molecular weight excluding hydrogens is 262 g/mol. The molecule has 2 N–H and O–H groups in total. The van der Waals surface area contributed by atoms with Gasteiger partial charge in [0.1, 0.15) is 18.1 Å². The van der Waals surface area contributed by atoms with Crippen molar-refractivity contribution < 1.29 is 9.47 Å². The second-order valence-corrected chi connectivity index (χ2v) is 6.48. The highest BCUT2D eigenvalue weighted by molar-refractivity contribution is 5.32. The Kier molecular flexibility index (Phi) is 6.37. The quantitative estimate of drug-likeness (QED) is 0.856. The highest BCUT2D eigenvalue weighted by Crippen LogP contribution is 2.34. The second kappa shape index (κ2) is 8.28.